The number of ether oxygens (including phenoxy) is 1. The normalized spacial score (nSPS) is 10.7. The third kappa shape index (κ3) is 4.89. The quantitative estimate of drug-likeness (QED) is 0.653. The summed E-state index contributed by atoms with van der Waals surface area (Å²) in [6.07, 6.45) is 0.683. The predicted octanol–water partition coefficient (Wildman–Crippen LogP) is 3.15. The minimum Gasteiger partial charge on any atom is -0.494 e. The van der Waals surface area contributed by atoms with E-state index < -0.39 is 0 Å². The summed E-state index contributed by atoms with van der Waals surface area (Å²) in [5.74, 6) is 1.67. The van der Waals surface area contributed by atoms with Crippen molar-refractivity contribution in [2.75, 3.05) is 6.61 Å². The van der Waals surface area contributed by atoms with E-state index >= 15 is 0 Å². The highest BCUT2D eigenvalue weighted by Crippen LogP contribution is 2.20. The van der Waals surface area contributed by atoms with Crippen molar-refractivity contribution in [1.82, 2.24) is 20.4 Å². The van der Waals surface area contributed by atoms with Crippen LogP contribution in [0, 0.1) is 6.92 Å². The maximum atomic E-state index is 11.9. The highest BCUT2D eigenvalue weighted by molar-refractivity contribution is 7.09. The zero-order chi connectivity index (χ0) is 18.4. The summed E-state index contributed by atoms with van der Waals surface area (Å²) in [6, 6.07) is 7.48. The van der Waals surface area contributed by atoms with Crippen LogP contribution < -0.4 is 10.1 Å². The molecule has 0 aliphatic rings. The van der Waals surface area contributed by atoms with Crippen LogP contribution >= 0.6 is 11.3 Å². The van der Waals surface area contributed by atoms with Gasteiger partial charge in [0.05, 0.1) is 13.2 Å². The Labute approximate surface area is 155 Å². The van der Waals surface area contributed by atoms with Crippen LogP contribution in [-0.4, -0.2) is 27.6 Å². The molecule has 0 saturated heterocycles. The number of carbonyl (C=O) groups is 1. The number of hydrogen-bond donors (Lipinski definition) is 1. The number of nitrogens with zero attached hydrogens (tertiary/aromatic N) is 3. The number of rotatable bonds is 8. The summed E-state index contributed by atoms with van der Waals surface area (Å²) in [6.45, 7) is 4.93. The number of amides is 1. The Balaban J connectivity index is 1.49. The lowest BCUT2D eigenvalue weighted by molar-refractivity contribution is -0.121. The lowest BCUT2D eigenvalue weighted by atomic mass is 10.2. The molecule has 0 radical (unpaired) electrons. The summed E-state index contributed by atoms with van der Waals surface area (Å²) in [7, 11) is 0. The summed E-state index contributed by atoms with van der Waals surface area (Å²) in [4.78, 5) is 20.6. The molecule has 0 atom stereocenters. The largest absolute Gasteiger partial charge is 0.494 e. The van der Waals surface area contributed by atoms with E-state index in [0.717, 1.165) is 22.0 Å². The molecule has 0 saturated carbocycles. The molecule has 8 heteroatoms. The van der Waals surface area contributed by atoms with Crippen molar-refractivity contribution in [2.45, 2.75) is 33.2 Å². The summed E-state index contributed by atoms with van der Waals surface area (Å²) < 4.78 is 10.6. The van der Waals surface area contributed by atoms with Gasteiger partial charge in [-0.25, -0.2) is 4.98 Å². The Morgan fingerprint density at radius 3 is 2.77 bits per heavy atom. The third-order valence-corrected chi connectivity index (χ3v) is 4.53. The second-order valence-corrected chi connectivity index (χ2v) is 6.57. The van der Waals surface area contributed by atoms with Crippen LogP contribution in [0.15, 0.2) is 34.2 Å². The molecule has 3 rings (SSSR count). The van der Waals surface area contributed by atoms with E-state index in [9.17, 15) is 4.79 Å². The molecule has 0 aliphatic carbocycles. The number of nitrogens with one attached hydrogen (secondary N) is 1. The van der Waals surface area contributed by atoms with Gasteiger partial charge < -0.3 is 14.6 Å². The maximum absolute atomic E-state index is 11.9. The van der Waals surface area contributed by atoms with Gasteiger partial charge in [0.25, 0.3) is 0 Å². The lowest BCUT2D eigenvalue weighted by Crippen LogP contribution is -2.22. The molecular formula is C18H20N4O3S. The first-order chi connectivity index (χ1) is 12.6. The van der Waals surface area contributed by atoms with Gasteiger partial charge in [0.15, 0.2) is 0 Å². The molecule has 0 unspecified atom stereocenters. The van der Waals surface area contributed by atoms with Crippen LogP contribution in [0.4, 0.5) is 0 Å². The highest BCUT2D eigenvalue weighted by atomic mass is 32.1. The smallest absolute Gasteiger partial charge is 0.227 e. The zero-order valence-corrected chi connectivity index (χ0v) is 15.5. The Bertz CT molecular complexity index is 857. The van der Waals surface area contributed by atoms with Crippen LogP contribution in [-0.2, 0) is 17.8 Å². The SMILES string of the molecule is CCOc1ccc(-c2noc(CCC(=O)NCc3nc(C)cs3)n2)cc1. The Morgan fingerprint density at radius 1 is 1.27 bits per heavy atom. The Hall–Kier alpha value is -2.74. The molecule has 0 aliphatic heterocycles. The van der Waals surface area contributed by atoms with E-state index in [4.69, 9.17) is 9.26 Å². The molecule has 0 spiro atoms. The average Bonchev–Trinajstić information content (AvgIpc) is 3.28. The molecule has 3 aromatic rings. The molecule has 2 heterocycles. The maximum Gasteiger partial charge on any atom is 0.227 e. The van der Waals surface area contributed by atoms with E-state index in [1.165, 1.54) is 11.3 Å². The third-order valence-electron chi connectivity index (χ3n) is 3.56. The van der Waals surface area contributed by atoms with Crippen LogP contribution in [0.2, 0.25) is 0 Å². The van der Waals surface area contributed by atoms with Gasteiger partial charge in [-0.1, -0.05) is 5.16 Å². The fourth-order valence-electron chi connectivity index (χ4n) is 2.31. The van der Waals surface area contributed by atoms with Gasteiger partial charge in [0.2, 0.25) is 17.6 Å². The standard InChI is InChI=1S/C18H20N4O3S/c1-3-24-14-6-4-13(5-7-14)18-21-16(25-22-18)9-8-15(23)19-10-17-20-12(2)11-26-17/h4-7,11H,3,8-10H2,1-2H3,(H,19,23). The Kier molecular flexibility index (Phi) is 5.96. The fourth-order valence-corrected chi connectivity index (χ4v) is 3.02. The number of aryl methyl sites for hydroxylation is 2. The van der Waals surface area contributed by atoms with Crippen molar-refractivity contribution < 1.29 is 14.1 Å². The second kappa shape index (κ2) is 8.57. The van der Waals surface area contributed by atoms with Gasteiger partial charge in [-0.3, -0.25) is 4.79 Å². The van der Waals surface area contributed by atoms with Gasteiger partial charge in [-0.2, -0.15) is 4.98 Å². The molecule has 26 heavy (non-hydrogen) atoms. The minimum absolute atomic E-state index is 0.0707. The zero-order valence-electron chi connectivity index (χ0n) is 14.7. The van der Waals surface area contributed by atoms with Crippen molar-refractivity contribution in [2.24, 2.45) is 0 Å². The summed E-state index contributed by atoms with van der Waals surface area (Å²) >= 11 is 1.54. The first-order valence-electron chi connectivity index (χ1n) is 8.37. The number of benzene rings is 1. The van der Waals surface area contributed by atoms with Crippen LogP contribution in [0.25, 0.3) is 11.4 Å². The molecule has 7 nitrogen and oxygen atoms in total. The van der Waals surface area contributed by atoms with Gasteiger partial charge in [0, 0.05) is 29.5 Å². The molecule has 1 aromatic carbocycles. The average molecular weight is 372 g/mol. The number of aromatic nitrogens is 3. The molecular weight excluding hydrogens is 352 g/mol. The van der Waals surface area contributed by atoms with Crippen molar-refractivity contribution in [3.63, 3.8) is 0 Å². The van der Waals surface area contributed by atoms with E-state index in [2.05, 4.69) is 20.4 Å². The van der Waals surface area contributed by atoms with Crippen LogP contribution in [0.5, 0.6) is 5.75 Å². The van der Waals surface area contributed by atoms with Crippen LogP contribution in [0.1, 0.15) is 29.9 Å². The van der Waals surface area contributed by atoms with Crippen molar-refractivity contribution in [3.05, 3.63) is 46.2 Å². The molecule has 1 N–H and O–H groups in total. The van der Waals surface area contributed by atoms with Crippen molar-refractivity contribution in [1.29, 1.82) is 0 Å². The van der Waals surface area contributed by atoms with Crippen LogP contribution in [0.3, 0.4) is 0 Å². The fraction of sp³-hybridized carbons (Fsp3) is 0.333. The van der Waals surface area contributed by atoms with E-state index in [-0.39, 0.29) is 12.3 Å². The van der Waals surface area contributed by atoms with Gasteiger partial charge in [0.1, 0.15) is 10.8 Å². The molecule has 0 fully saturated rings. The lowest BCUT2D eigenvalue weighted by Gasteiger charge is -2.02. The molecule has 0 bridgehead atoms. The van der Waals surface area contributed by atoms with Crippen molar-refractivity contribution in [3.8, 4) is 17.1 Å². The highest BCUT2D eigenvalue weighted by Gasteiger charge is 2.11. The van der Waals surface area contributed by atoms with E-state index in [0.29, 0.717) is 31.3 Å². The van der Waals surface area contributed by atoms with Gasteiger partial charge >= 0.3 is 0 Å². The number of thiazole rings is 1. The monoisotopic (exact) mass is 372 g/mol. The number of carbonyl (C=O) groups excluding carboxylic acids is 1. The predicted molar refractivity (Wildman–Crippen MR) is 97.9 cm³/mol. The summed E-state index contributed by atoms with van der Waals surface area (Å²) in [5, 5.41) is 9.67. The first kappa shape index (κ1) is 18.1. The summed E-state index contributed by atoms with van der Waals surface area (Å²) in [5.41, 5.74) is 1.80. The topological polar surface area (TPSA) is 90.1 Å². The van der Waals surface area contributed by atoms with Gasteiger partial charge in [-0.05, 0) is 38.1 Å². The molecule has 2 aromatic heterocycles. The second-order valence-electron chi connectivity index (χ2n) is 5.63. The van der Waals surface area contributed by atoms with Gasteiger partial charge in [-0.15, -0.1) is 11.3 Å². The Morgan fingerprint density at radius 2 is 2.08 bits per heavy atom. The number of hydrogen-bond acceptors (Lipinski definition) is 7. The van der Waals surface area contributed by atoms with E-state index in [1.807, 2.05) is 43.5 Å². The van der Waals surface area contributed by atoms with Crippen molar-refractivity contribution >= 4 is 17.2 Å². The first-order valence-corrected chi connectivity index (χ1v) is 9.25. The minimum atomic E-state index is -0.0707. The molecule has 1 amide bonds. The molecule has 136 valence electrons. The van der Waals surface area contributed by atoms with E-state index in [1.54, 1.807) is 0 Å².